The zero-order valence-corrected chi connectivity index (χ0v) is 13.8. The van der Waals surface area contributed by atoms with Gasteiger partial charge in [0.05, 0.1) is 5.92 Å². The van der Waals surface area contributed by atoms with Gasteiger partial charge in [0.1, 0.15) is 4.49 Å². The predicted octanol–water partition coefficient (Wildman–Crippen LogP) is 5.18. The summed E-state index contributed by atoms with van der Waals surface area (Å²) in [6.45, 7) is 5.93. The van der Waals surface area contributed by atoms with Gasteiger partial charge in [-0.05, 0) is 42.0 Å². The molecule has 1 amide bonds. The van der Waals surface area contributed by atoms with Crippen LogP contribution < -0.4 is 5.32 Å². The second-order valence-corrected chi connectivity index (χ2v) is 7.10. The average Bonchev–Trinajstić information content (AvgIpc) is 2.86. The fourth-order valence-electron chi connectivity index (χ4n) is 2.58. The third-order valence-electron chi connectivity index (χ3n) is 4.02. The molecule has 1 saturated carbocycles. The van der Waals surface area contributed by atoms with Crippen molar-refractivity contribution in [2.45, 2.75) is 20.8 Å². The van der Waals surface area contributed by atoms with Crippen molar-refractivity contribution in [3.05, 3.63) is 39.4 Å². The van der Waals surface area contributed by atoms with Gasteiger partial charge in [-0.2, -0.15) is 0 Å². The summed E-state index contributed by atoms with van der Waals surface area (Å²) in [7, 11) is 0. The minimum atomic E-state index is -0.133. The summed E-state index contributed by atoms with van der Waals surface area (Å²) in [5.74, 6) is -0.100. The predicted molar refractivity (Wildman–Crippen MR) is 85.4 cm³/mol. The maximum atomic E-state index is 12.4. The summed E-state index contributed by atoms with van der Waals surface area (Å²) in [4.78, 5) is 12.4. The molecule has 1 N–H and O–H groups in total. The van der Waals surface area contributed by atoms with Crippen molar-refractivity contribution in [3.8, 4) is 0 Å². The molecule has 1 aromatic rings. The molecule has 2 nitrogen and oxygen atoms in total. The largest absolute Gasteiger partial charge is 0.326 e. The first-order chi connectivity index (χ1) is 9.25. The molecule has 1 aliphatic carbocycles. The Morgan fingerprint density at radius 1 is 1.35 bits per heavy atom. The Labute approximate surface area is 134 Å². The Morgan fingerprint density at radius 3 is 2.60 bits per heavy atom. The Hall–Kier alpha value is -0.700. The fourth-order valence-corrected chi connectivity index (χ4v) is 3.02. The number of allylic oxidation sites excluding steroid dienone is 1. The molecule has 2 atom stereocenters. The monoisotopic (exact) mass is 331 g/mol. The van der Waals surface area contributed by atoms with Crippen LogP contribution in [0.5, 0.6) is 0 Å². The van der Waals surface area contributed by atoms with Gasteiger partial charge in [-0.1, -0.05) is 54.7 Å². The standard InChI is InChI=1S/C15H16Cl3NO/c1-8-10(16)5-4-6-11(8)19-14(20)13-9(7-12(17)18)15(13,2)3/h4-7,9,13H,1-3H3,(H,19,20). The highest BCUT2D eigenvalue weighted by atomic mass is 35.5. The van der Waals surface area contributed by atoms with Crippen molar-refractivity contribution in [2.24, 2.45) is 17.3 Å². The Balaban J connectivity index is 2.14. The number of hydrogen-bond acceptors (Lipinski definition) is 1. The van der Waals surface area contributed by atoms with Gasteiger partial charge < -0.3 is 5.32 Å². The van der Waals surface area contributed by atoms with Crippen LogP contribution in [0.15, 0.2) is 28.8 Å². The number of nitrogens with one attached hydrogen (secondary N) is 1. The highest BCUT2D eigenvalue weighted by Crippen LogP contribution is 2.60. The zero-order chi connectivity index (χ0) is 15.1. The Morgan fingerprint density at radius 2 is 2.00 bits per heavy atom. The first-order valence-corrected chi connectivity index (χ1v) is 7.47. The molecule has 1 aliphatic rings. The van der Waals surface area contributed by atoms with Crippen LogP contribution in [0, 0.1) is 24.2 Å². The van der Waals surface area contributed by atoms with Crippen molar-refractivity contribution in [1.29, 1.82) is 0 Å². The van der Waals surface area contributed by atoms with Gasteiger partial charge in [-0.25, -0.2) is 0 Å². The van der Waals surface area contributed by atoms with Crippen LogP contribution in [-0.4, -0.2) is 5.91 Å². The highest BCUT2D eigenvalue weighted by Gasteiger charge is 2.60. The Bertz CT molecular complexity index is 576. The van der Waals surface area contributed by atoms with Gasteiger partial charge in [0, 0.05) is 10.7 Å². The molecule has 0 spiro atoms. The first kappa shape index (κ1) is 15.7. The smallest absolute Gasteiger partial charge is 0.228 e. The lowest BCUT2D eigenvalue weighted by Gasteiger charge is -2.10. The van der Waals surface area contributed by atoms with Gasteiger partial charge in [-0.3, -0.25) is 4.79 Å². The number of halogens is 3. The maximum Gasteiger partial charge on any atom is 0.228 e. The summed E-state index contributed by atoms with van der Waals surface area (Å²) >= 11 is 17.4. The number of anilines is 1. The van der Waals surface area contributed by atoms with E-state index < -0.39 is 0 Å². The molecule has 1 fully saturated rings. The van der Waals surface area contributed by atoms with E-state index in [1.807, 2.05) is 32.9 Å². The van der Waals surface area contributed by atoms with E-state index in [2.05, 4.69) is 5.32 Å². The lowest BCUT2D eigenvalue weighted by molar-refractivity contribution is -0.118. The normalized spacial score (nSPS) is 23.1. The van der Waals surface area contributed by atoms with Crippen LogP contribution >= 0.6 is 34.8 Å². The van der Waals surface area contributed by atoms with Gasteiger partial charge in [-0.15, -0.1) is 0 Å². The van der Waals surface area contributed by atoms with Crippen molar-refractivity contribution >= 4 is 46.4 Å². The first-order valence-electron chi connectivity index (χ1n) is 6.34. The van der Waals surface area contributed by atoms with E-state index in [1.54, 1.807) is 12.1 Å². The molecular formula is C15H16Cl3NO. The van der Waals surface area contributed by atoms with Crippen LogP contribution in [0.3, 0.4) is 0 Å². The minimum Gasteiger partial charge on any atom is -0.326 e. The van der Waals surface area contributed by atoms with Crippen LogP contribution in [0.1, 0.15) is 19.4 Å². The summed E-state index contributed by atoms with van der Waals surface area (Å²) in [5.41, 5.74) is 1.47. The summed E-state index contributed by atoms with van der Waals surface area (Å²) in [5, 5.41) is 3.57. The van der Waals surface area contributed by atoms with Gasteiger partial charge in [0.25, 0.3) is 0 Å². The van der Waals surface area contributed by atoms with Crippen LogP contribution in [0.25, 0.3) is 0 Å². The second-order valence-electron chi connectivity index (χ2n) is 5.68. The lowest BCUT2D eigenvalue weighted by Crippen LogP contribution is -2.17. The van der Waals surface area contributed by atoms with Crippen LogP contribution in [0.4, 0.5) is 5.69 Å². The summed E-state index contributed by atoms with van der Waals surface area (Å²) in [6, 6.07) is 5.45. The summed E-state index contributed by atoms with van der Waals surface area (Å²) in [6.07, 6.45) is 1.73. The van der Waals surface area contributed by atoms with Crippen molar-refractivity contribution in [3.63, 3.8) is 0 Å². The maximum absolute atomic E-state index is 12.4. The molecule has 1 aromatic carbocycles. The minimum absolute atomic E-state index is 0.0313. The lowest BCUT2D eigenvalue weighted by atomic mass is 10.1. The fraction of sp³-hybridized carbons (Fsp3) is 0.400. The number of carbonyl (C=O) groups excluding carboxylic acids is 1. The molecule has 0 aliphatic heterocycles. The van der Waals surface area contributed by atoms with E-state index in [-0.39, 0.29) is 27.6 Å². The molecule has 2 rings (SSSR count). The number of carbonyl (C=O) groups is 1. The molecular weight excluding hydrogens is 317 g/mol. The zero-order valence-electron chi connectivity index (χ0n) is 11.5. The highest BCUT2D eigenvalue weighted by molar-refractivity contribution is 6.55. The van der Waals surface area contributed by atoms with Gasteiger partial charge in [0.2, 0.25) is 5.91 Å². The average molecular weight is 333 g/mol. The van der Waals surface area contributed by atoms with Crippen LogP contribution in [-0.2, 0) is 4.79 Å². The van der Waals surface area contributed by atoms with E-state index in [0.717, 1.165) is 11.3 Å². The van der Waals surface area contributed by atoms with E-state index in [0.29, 0.717) is 5.02 Å². The molecule has 0 saturated heterocycles. The molecule has 2 unspecified atom stereocenters. The Kier molecular flexibility index (Phi) is 4.38. The number of hydrogen-bond donors (Lipinski definition) is 1. The third-order valence-corrected chi connectivity index (χ3v) is 4.69. The van der Waals surface area contributed by atoms with E-state index in [9.17, 15) is 4.79 Å². The second kappa shape index (κ2) is 5.59. The van der Waals surface area contributed by atoms with Crippen molar-refractivity contribution in [2.75, 3.05) is 5.32 Å². The molecule has 0 heterocycles. The molecule has 5 heteroatoms. The summed E-state index contributed by atoms with van der Waals surface area (Å²) < 4.78 is 0.206. The quantitative estimate of drug-likeness (QED) is 0.812. The molecule has 0 bridgehead atoms. The number of benzene rings is 1. The molecule has 108 valence electrons. The SMILES string of the molecule is Cc1c(Cl)cccc1NC(=O)C1C(C=C(Cl)Cl)C1(C)C. The molecule has 0 aromatic heterocycles. The van der Waals surface area contributed by atoms with Crippen LogP contribution in [0.2, 0.25) is 5.02 Å². The van der Waals surface area contributed by atoms with Gasteiger partial charge in [0.15, 0.2) is 0 Å². The van der Waals surface area contributed by atoms with E-state index >= 15 is 0 Å². The van der Waals surface area contributed by atoms with Crippen molar-refractivity contribution < 1.29 is 4.79 Å². The van der Waals surface area contributed by atoms with E-state index in [1.165, 1.54) is 0 Å². The van der Waals surface area contributed by atoms with Crippen molar-refractivity contribution in [1.82, 2.24) is 0 Å². The number of amides is 1. The van der Waals surface area contributed by atoms with E-state index in [4.69, 9.17) is 34.8 Å². The molecule has 20 heavy (non-hydrogen) atoms. The topological polar surface area (TPSA) is 29.1 Å². The third kappa shape index (κ3) is 2.98. The number of rotatable bonds is 3. The van der Waals surface area contributed by atoms with Gasteiger partial charge >= 0.3 is 0 Å². The molecule has 0 radical (unpaired) electrons.